The van der Waals surface area contributed by atoms with Crippen LogP contribution in [0.4, 0.5) is 5.69 Å². The molecule has 0 aromatic heterocycles. The van der Waals surface area contributed by atoms with E-state index in [1.165, 1.54) is 0 Å². The van der Waals surface area contributed by atoms with Crippen molar-refractivity contribution in [3.8, 4) is 0 Å². The Morgan fingerprint density at radius 3 is 2.50 bits per heavy atom. The summed E-state index contributed by atoms with van der Waals surface area (Å²) in [5.74, 6) is -1.36. The van der Waals surface area contributed by atoms with Crippen molar-refractivity contribution >= 4 is 33.5 Å². The lowest BCUT2D eigenvalue weighted by Crippen LogP contribution is -2.37. The molecule has 0 bridgehead atoms. The Hall–Kier alpha value is -1.56. The molecule has 3 N–H and O–H groups in total. The van der Waals surface area contributed by atoms with Gasteiger partial charge in [-0.25, -0.2) is 0 Å². The molecule has 1 aromatic carbocycles. The summed E-state index contributed by atoms with van der Waals surface area (Å²) < 4.78 is 0.593. The van der Waals surface area contributed by atoms with Gasteiger partial charge in [-0.2, -0.15) is 0 Å². The quantitative estimate of drug-likeness (QED) is 0.861. The highest BCUT2D eigenvalue weighted by Crippen LogP contribution is 2.30. The number of carboxylic acid groups (broad SMARTS) is 1. The average Bonchev–Trinajstić information content (AvgIpc) is 2.88. The number of hydrogen-bond donors (Lipinski definition) is 2. The van der Waals surface area contributed by atoms with Crippen molar-refractivity contribution in [3.05, 3.63) is 28.2 Å². The molecule has 1 aliphatic carbocycles. The topological polar surface area (TPSA) is 83.6 Å². The zero-order valence-corrected chi connectivity index (χ0v) is 12.6. The summed E-state index contributed by atoms with van der Waals surface area (Å²) in [5.41, 5.74) is 6.47. The molecule has 0 heterocycles. The summed E-state index contributed by atoms with van der Waals surface area (Å²) in [5, 5.41) is 9.09. The number of benzene rings is 1. The van der Waals surface area contributed by atoms with E-state index in [1.807, 2.05) is 4.90 Å². The molecule has 2 rings (SSSR count). The minimum Gasteiger partial charge on any atom is -0.480 e. The highest BCUT2D eigenvalue weighted by molar-refractivity contribution is 9.10. The molecule has 1 aliphatic rings. The molecule has 0 spiro atoms. The fourth-order valence-electron chi connectivity index (χ4n) is 2.68. The van der Waals surface area contributed by atoms with Crippen LogP contribution in [0.25, 0.3) is 0 Å². The Morgan fingerprint density at radius 2 is 2.00 bits per heavy atom. The number of hydrogen-bond acceptors (Lipinski definition) is 3. The second-order valence-corrected chi connectivity index (χ2v) is 5.84. The minimum absolute atomic E-state index is 0.0347. The molecule has 20 heavy (non-hydrogen) atoms. The summed E-state index contributed by atoms with van der Waals surface area (Å²) >= 11 is 3.32. The summed E-state index contributed by atoms with van der Waals surface area (Å²) in [6.07, 6.45) is 4.26. The van der Waals surface area contributed by atoms with Crippen molar-refractivity contribution in [2.75, 3.05) is 11.4 Å². The van der Waals surface area contributed by atoms with E-state index < -0.39 is 11.9 Å². The van der Waals surface area contributed by atoms with Gasteiger partial charge in [-0.15, -0.1) is 0 Å². The van der Waals surface area contributed by atoms with E-state index in [2.05, 4.69) is 15.9 Å². The van der Waals surface area contributed by atoms with E-state index in [0.29, 0.717) is 10.0 Å². The van der Waals surface area contributed by atoms with Crippen LogP contribution in [0.1, 0.15) is 36.0 Å². The first-order valence-corrected chi connectivity index (χ1v) is 7.36. The first-order valence-electron chi connectivity index (χ1n) is 6.57. The van der Waals surface area contributed by atoms with Crippen molar-refractivity contribution in [1.29, 1.82) is 0 Å². The van der Waals surface area contributed by atoms with E-state index in [0.717, 1.165) is 31.4 Å². The van der Waals surface area contributed by atoms with E-state index in [1.54, 1.807) is 18.2 Å². The standard InChI is InChI=1S/C14H17BrN2O3/c15-12-7-10(5-6-11(12)14(16)20)17(8-13(18)19)9-3-1-2-4-9/h5-7,9H,1-4,8H2,(H2,16,20)(H,18,19). The summed E-state index contributed by atoms with van der Waals surface area (Å²) in [6, 6.07) is 5.40. The number of carbonyl (C=O) groups is 2. The number of nitrogens with zero attached hydrogens (tertiary/aromatic N) is 1. The van der Waals surface area contributed by atoms with Crippen molar-refractivity contribution < 1.29 is 14.7 Å². The molecule has 0 aliphatic heterocycles. The summed E-state index contributed by atoms with van der Waals surface area (Å²) in [7, 11) is 0. The third-order valence-electron chi connectivity index (χ3n) is 3.62. The van der Waals surface area contributed by atoms with Crippen molar-refractivity contribution in [2.45, 2.75) is 31.7 Å². The van der Waals surface area contributed by atoms with Crippen LogP contribution in [-0.2, 0) is 4.79 Å². The van der Waals surface area contributed by atoms with Gasteiger partial charge in [0.25, 0.3) is 0 Å². The Kier molecular flexibility index (Phi) is 4.65. The molecule has 1 fully saturated rings. The molecule has 6 heteroatoms. The van der Waals surface area contributed by atoms with Crippen LogP contribution in [0, 0.1) is 0 Å². The lowest BCUT2D eigenvalue weighted by molar-refractivity contribution is -0.135. The number of primary amides is 1. The van der Waals surface area contributed by atoms with Crippen LogP contribution in [0.5, 0.6) is 0 Å². The van der Waals surface area contributed by atoms with Crippen LogP contribution in [0.3, 0.4) is 0 Å². The van der Waals surface area contributed by atoms with Crippen molar-refractivity contribution in [2.24, 2.45) is 5.73 Å². The van der Waals surface area contributed by atoms with Crippen LogP contribution in [-0.4, -0.2) is 29.6 Å². The molecule has 1 amide bonds. The van der Waals surface area contributed by atoms with E-state index in [9.17, 15) is 9.59 Å². The number of carbonyl (C=O) groups excluding carboxylic acids is 1. The molecule has 1 saturated carbocycles. The molecule has 108 valence electrons. The molecule has 1 aromatic rings. The first kappa shape index (κ1) is 14.8. The second kappa shape index (κ2) is 6.26. The summed E-state index contributed by atoms with van der Waals surface area (Å²) in [6.45, 7) is -0.0347. The molecule has 0 atom stereocenters. The predicted molar refractivity (Wildman–Crippen MR) is 79.9 cm³/mol. The highest BCUT2D eigenvalue weighted by Gasteiger charge is 2.25. The third kappa shape index (κ3) is 3.30. The Bertz CT molecular complexity index is 527. The first-order chi connectivity index (χ1) is 9.49. The van der Waals surface area contributed by atoms with Gasteiger partial charge in [-0.05, 0) is 47.0 Å². The summed E-state index contributed by atoms with van der Waals surface area (Å²) in [4.78, 5) is 24.2. The maximum atomic E-state index is 11.2. The normalized spacial score (nSPS) is 15.2. The number of amides is 1. The second-order valence-electron chi connectivity index (χ2n) is 4.99. The molecule has 5 nitrogen and oxygen atoms in total. The molecular formula is C14H17BrN2O3. The van der Waals surface area contributed by atoms with E-state index in [4.69, 9.17) is 10.8 Å². The number of anilines is 1. The predicted octanol–water partition coefficient (Wildman–Crippen LogP) is 2.38. The van der Waals surface area contributed by atoms with Gasteiger partial charge in [0.1, 0.15) is 6.54 Å². The highest BCUT2D eigenvalue weighted by atomic mass is 79.9. The smallest absolute Gasteiger partial charge is 0.323 e. The minimum atomic E-state index is -0.855. The van der Waals surface area contributed by atoms with Crippen LogP contribution >= 0.6 is 15.9 Å². The number of nitrogens with two attached hydrogens (primary N) is 1. The number of carboxylic acids is 1. The zero-order valence-electron chi connectivity index (χ0n) is 11.0. The van der Waals surface area contributed by atoms with Crippen LogP contribution in [0.2, 0.25) is 0 Å². The fourth-order valence-corrected chi connectivity index (χ4v) is 3.24. The SMILES string of the molecule is NC(=O)c1ccc(N(CC(=O)O)C2CCCC2)cc1Br. The Balaban J connectivity index is 2.30. The van der Waals surface area contributed by atoms with Gasteiger partial charge >= 0.3 is 5.97 Å². The molecule has 0 unspecified atom stereocenters. The lowest BCUT2D eigenvalue weighted by atomic mass is 10.1. The van der Waals surface area contributed by atoms with Gasteiger partial charge in [0.2, 0.25) is 5.91 Å². The Morgan fingerprint density at radius 1 is 1.35 bits per heavy atom. The van der Waals surface area contributed by atoms with Gasteiger partial charge in [0.15, 0.2) is 0 Å². The molecular weight excluding hydrogens is 324 g/mol. The fraction of sp³-hybridized carbons (Fsp3) is 0.429. The maximum absolute atomic E-state index is 11.2. The third-order valence-corrected chi connectivity index (χ3v) is 4.28. The largest absolute Gasteiger partial charge is 0.480 e. The van der Waals surface area contributed by atoms with E-state index in [-0.39, 0.29) is 12.6 Å². The zero-order chi connectivity index (χ0) is 14.7. The monoisotopic (exact) mass is 340 g/mol. The molecule has 0 radical (unpaired) electrons. The van der Waals surface area contributed by atoms with Gasteiger partial charge < -0.3 is 15.7 Å². The number of rotatable bonds is 5. The lowest BCUT2D eigenvalue weighted by Gasteiger charge is -2.30. The Labute approximate surface area is 125 Å². The van der Waals surface area contributed by atoms with Crippen LogP contribution in [0.15, 0.2) is 22.7 Å². The van der Waals surface area contributed by atoms with Crippen LogP contribution < -0.4 is 10.6 Å². The van der Waals surface area contributed by atoms with Gasteiger partial charge in [0, 0.05) is 16.2 Å². The van der Waals surface area contributed by atoms with Crippen molar-refractivity contribution in [3.63, 3.8) is 0 Å². The number of halogens is 1. The average molecular weight is 341 g/mol. The van der Waals surface area contributed by atoms with Gasteiger partial charge in [0.05, 0.1) is 5.56 Å². The maximum Gasteiger partial charge on any atom is 0.323 e. The van der Waals surface area contributed by atoms with Gasteiger partial charge in [-0.1, -0.05) is 12.8 Å². The van der Waals surface area contributed by atoms with Gasteiger partial charge in [-0.3, -0.25) is 9.59 Å². The van der Waals surface area contributed by atoms with E-state index >= 15 is 0 Å². The number of aliphatic carboxylic acids is 1. The molecule has 0 saturated heterocycles. The van der Waals surface area contributed by atoms with Crippen molar-refractivity contribution in [1.82, 2.24) is 0 Å².